The third kappa shape index (κ3) is 3.05. The Morgan fingerprint density at radius 1 is 1.41 bits per heavy atom. The molecule has 0 amide bonds. The maximum atomic E-state index is 11.7. The minimum atomic E-state index is -0.0580. The van der Waals surface area contributed by atoms with Crippen LogP contribution in [0.15, 0.2) is 18.3 Å². The summed E-state index contributed by atoms with van der Waals surface area (Å²) in [7, 11) is 0. The lowest BCUT2D eigenvalue weighted by Crippen LogP contribution is -2.24. The monoisotopic (exact) mass is 303 g/mol. The normalized spacial score (nSPS) is 21.9. The van der Waals surface area contributed by atoms with Gasteiger partial charge in [-0.25, -0.2) is 4.98 Å². The first-order valence-corrected chi connectivity index (χ1v) is 7.86. The fourth-order valence-corrected chi connectivity index (χ4v) is 3.21. The van der Waals surface area contributed by atoms with E-state index >= 15 is 0 Å². The molecule has 118 valence electrons. The lowest BCUT2D eigenvalue weighted by Gasteiger charge is -2.26. The molecule has 1 aliphatic carbocycles. The van der Waals surface area contributed by atoms with E-state index < -0.39 is 0 Å². The Hall–Kier alpha value is -2.11. The highest BCUT2D eigenvalue weighted by Crippen LogP contribution is 2.32. The van der Waals surface area contributed by atoms with E-state index in [9.17, 15) is 9.90 Å². The third-order valence-corrected chi connectivity index (χ3v) is 4.36. The summed E-state index contributed by atoms with van der Waals surface area (Å²) in [5.41, 5.74) is 1.54. The van der Waals surface area contributed by atoms with Crippen LogP contribution in [-0.2, 0) is 16.0 Å². The Morgan fingerprint density at radius 2 is 2.18 bits per heavy atom. The number of carbonyl (C=O) groups is 1. The van der Waals surface area contributed by atoms with Crippen molar-refractivity contribution in [3.05, 3.63) is 24.0 Å². The number of fused-ring (bicyclic) bond motifs is 1. The number of rotatable bonds is 4. The molecule has 1 saturated carbocycles. The zero-order valence-corrected chi connectivity index (χ0v) is 12.7. The van der Waals surface area contributed by atoms with Crippen LogP contribution >= 0.6 is 0 Å². The highest BCUT2D eigenvalue weighted by Gasteiger charge is 2.27. The van der Waals surface area contributed by atoms with Crippen LogP contribution in [0.2, 0.25) is 0 Å². The number of nitrogens with zero attached hydrogens (tertiary/aromatic N) is 3. The van der Waals surface area contributed by atoms with Crippen LogP contribution in [-0.4, -0.2) is 32.3 Å². The van der Waals surface area contributed by atoms with Gasteiger partial charge in [0.1, 0.15) is 0 Å². The van der Waals surface area contributed by atoms with E-state index in [1.165, 1.54) is 4.52 Å². The molecule has 2 aromatic rings. The maximum Gasteiger partial charge on any atom is 0.308 e. The first kappa shape index (κ1) is 14.8. The molecule has 1 N–H and O–H groups in total. The van der Waals surface area contributed by atoms with Crippen molar-refractivity contribution in [1.82, 2.24) is 14.6 Å². The molecule has 2 heterocycles. The van der Waals surface area contributed by atoms with E-state index in [1.807, 2.05) is 6.92 Å². The predicted octanol–water partition coefficient (Wildman–Crippen LogP) is 2.35. The van der Waals surface area contributed by atoms with Crippen molar-refractivity contribution >= 4 is 11.6 Å². The zero-order valence-electron chi connectivity index (χ0n) is 12.7. The van der Waals surface area contributed by atoms with Crippen molar-refractivity contribution in [2.45, 2.75) is 39.0 Å². The van der Waals surface area contributed by atoms with Crippen LogP contribution in [0.4, 0.5) is 0 Å². The highest BCUT2D eigenvalue weighted by molar-refractivity contribution is 5.72. The van der Waals surface area contributed by atoms with Crippen LogP contribution in [0.3, 0.4) is 0 Å². The summed E-state index contributed by atoms with van der Waals surface area (Å²) in [6.45, 7) is 2.29. The molecule has 0 aromatic carbocycles. The van der Waals surface area contributed by atoms with E-state index in [2.05, 4.69) is 10.1 Å². The molecule has 3 rings (SSSR count). The topological polar surface area (TPSA) is 76.7 Å². The van der Waals surface area contributed by atoms with Crippen LogP contribution in [0.25, 0.3) is 5.65 Å². The summed E-state index contributed by atoms with van der Waals surface area (Å²) in [5.74, 6) is 0.612. The van der Waals surface area contributed by atoms with Crippen LogP contribution < -0.4 is 0 Å². The molecule has 0 unspecified atom stereocenters. The molecule has 0 radical (unpaired) electrons. The Kier molecular flexibility index (Phi) is 4.27. The molecule has 1 aliphatic rings. The second-order valence-electron chi connectivity index (χ2n) is 5.88. The summed E-state index contributed by atoms with van der Waals surface area (Å²) in [4.78, 5) is 16.3. The maximum absolute atomic E-state index is 11.7. The fraction of sp³-hybridized carbons (Fsp3) is 0.562. The summed E-state index contributed by atoms with van der Waals surface area (Å²) >= 11 is 0. The molecule has 0 bridgehead atoms. The molecule has 0 aliphatic heterocycles. The van der Waals surface area contributed by atoms with E-state index in [0.29, 0.717) is 18.2 Å². The van der Waals surface area contributed by atoms with Gasteiger partial charge >= 0.3 is 5.97 Å². The van der Waals surface area contributed by atoms with Gasteiger partial charge in [-0.3, -0.25) is 4.79 Å². The molecule has 1 fully saturated rings. The smallest absolute Gasteiger partial charge is 0.308 e. The number of esters is 1. The van der Waals surface area contributed by atoms with Crippen molar-refractivity contribution in [2.24, 2.45) is 11.8 Å². The lowest BCUT2D eigenvalue weighted by atomic mass is 9.80. The second kappa shape index (κ2) is 6.34. The van der Waals surface area contributed by atoms with Gasteiger partial charge in [0.05, 0.1) is 18.7 Å². The molecule has 6 nitrogen and oxygen atoms in total. The Morgan fingerprint density at radius 3 is 2.91 bits per heavy atom. The van der Waals surface area contributed by atoms with Gasteiger partial charge in [-0.2, -0.15) is 9.61 Å². The number of carbonyl (C=O) groups excluding carboxylic acids is 1. The van der Waals surface area contributed by atoms with Crippen molar-refractivity contribution in [2.75, 3.05) is 6.61 Å². The van der Waals surface area contributed by atoms with Gasteiger partial charge < -0.3 is 9.84 Å². The number of aromatic hydroxyl groups is 1. The zero-order chi connectivity index (χ0) is 15.5. The van der Waals surface area contributed by atoms with Crippen LogP contribution in [0.1, 0.15) is 38.3 Å². The molecule has 22 heavy (non-hydrogen) atoms. The van der Waals surface area contributed by atoms with Crippen molar-refractivity contribution < 1.29 is 14.6 Å². The van der Waals surface area contributed by atoms with Gasteiger partial charge in [0.25, 0.3) is 0 Å². The van der Waals surface area contributed by atoms with Gasteiger partial charge in [-0.15, -0.1) is 0 Å². The number of aromatic nitrogens is 3. The molecule has 2 aromatic heterocycles. The van der Waals surface area contributed by atoms with E-state index in [1.54, 1.807) is 18.3 Å². The van der Waals surface area contributed by atoms with Gasteiger partial charge in [0.15, 0.2) is 5.65 Å². The van der Waals surface area contributed by atoms with Gasteiger partial charge in [-0.05, 0) is 44.9 Å². The van der Waals surface area contributed by atoms with E-state index in [4.69, 9.17) is 4.74 Å². The first-order valence-electron chi connectivity index (χ1n) is 7.86. The van der Waals surface area contributed by atoms with E-state index in [-0.39, 0.29) is 17.8 Å². The minimum absolute atomic E-state index is 0.0508. The molecular formula is C16H21N3O3. The lowest BCUT2D eigenvalue weighted by molar-refractivity contribution is -0.149. The van der Waals surface area contributed by atoms with Gasteiger partial charge in [0.2, 0.25) is 5.88 Å². The highest BCUT2D eigenvalue weighted by atomic mass is 16.5. The Balaban J connectivity index is 1.61. The first-order chi connectivity index (χ1) is 10.7. The second-order valence-corrected chi connectivity index (χ2v) is 5.88. The van der Waals surface area contributed by atoms with Gasteiger partial charge in [-0.1, -0.05) is 0 Å². The van der Waals surface area contributed by atoms with Crippen LogP contribution in [0.5, 0.6) is 5.88 Å². The number of hydrogen-bond acceptors (Lipinski definition) is 5. The Bertz CT molecular complexity index is 660. The number of hydrogen-bond donors (Lipinski definition) is 1. The summed E-state index contributed by atoms with van der Waals surface area (Å²) in [6.07, 6.45) is 6.20. The largest absolute Gasteiger partial charge is 0.493 e. The van der Waals surface area contributed by atoms with Gasteiger partial charge in [0, 0.05) is 17.8 Å². The fourth-order valence-electron chi connectivity index (χ4n) is 3.21. The predicted molar refractivity (Wildman–Crippen MR) is 80.4 cm³/mol. The molecule has 6 heteroatoms. The average molecular weight is 303 g/mol. The Labute approximate surface area is 129 Å². The molecular weight excluding hydrogens is 282 g/mol. The number of ether oxygens (including phenoxy) is 1. The average Bonchev–Trinajstić information content (AvgIpc) is 2.97. The molecule has 0 atom stereocenters. The summed E-state index contributed by atoms with van der Waals surface area (Å²) in [5, 5.41) is 13.9. The van der Waals surface area contributed by atoms with E-state index in [0.717, 1.165) is 37.8 Å². The summed E-state index contributed by atoms with van der Waals surface area (Å²) in [6, 6.07) is 3.46. The third-order valence-electron chi connectivity index (χ3n) is 4.36. The van der Waals surface area contributed by atoms with Crippen molar-refractivity contribution in [3.63, 3.8) is 0 Å². The standard InChI is InChI=1S/C16H21N3O3/c1-2-22-16(21)12-5-3-11(4-6-12)9-13-10-15(20)19-14(18-13)7-8-17-19/h7-8,10-12,20H,2-6,9H2,1H3. The van der Waals surface area contributed by atoms with Crippen molar-refractivity contribution in [1.29, 1.82) is 0 Å². The van der Waals surface area contributed by atoms with Crippen LogP contribution in [0, 0.1) is 11.8 Å². The minimum Gasteiger partial charge on any atom is -0.493 e. The molecule has 0 saturated heterocycles. The quantitative estimate of drug-likeness (QED) is 0.877. The SMILES string of the molecule is CCOC(=O)C1CCC(Cc2cc(O)n3nccc3n2)CC1. The summed E-state index contributed by atoms with van der Waals surface area (Å²) < 4.78 is 6.51. The van der Waals surface area contributed by atoms with Crippen molar-refractivity contribution in [3.8, 4) is 5.88 Å². The molecule has 0 spiro atoms.